The molecule has 19 heavy (non-hydrogen) atoms. The van der Waals surface area contributed by atoms with Crippen LogP contribution in [0.25, 0.3) is 0 Å². The van der Waals surface area contributed by atoms with Gasteiger partial charge in [-0.15, -0.1) is 0 Å². The predicted molar refractivity (Wildman–Crippen MR) is 82.3 cm³/mol. The Hall–Kier alpha value is -0.860. The van der Waals surface area contributed by atoms with Crippen LogP contribution in [0.2, 0.25) is 0 Å². The van der Waals surface area contributed by atoms with E-state index in [2.05, 4.69) is 45.0 Å². The summed E-state index contributed by atoms with van der Waals surface area (Å²) in [5.41, 5.74) is 8.31. The van der Waals surface area contributed by atoms with Crippen molar-refractivity contribution in [3.8, 4) is 0 Å². The second-order valence-electron chi connectivity index (χ2n) is 6.20. The molecule has 0 amide bonds. The van der Waals surface area contributed by atoms with E-state index in [1.54, 1.807) is 0 Å². The molecule has 2 nitrogen and oxygen atoms in total. The van der Waals surface area contributed by atoms with E-state index in [1.165, 1.54) is 24.0 Å². The van der Waals surface area contributed by atoms with Gasteiger partial charge in [0.2, 0.25) is 0 Å². The zero-order valence-corrected chi connectivity index (χ0v) is 12.7. The zero-order valence-electron chi connectivity index (χ0n) is 12.7. The van der Waals surface area contributed by atoms with E-state index >= 15 is 0 Å². The third-order valence-corrected chi connectivity index (χ3v) is 3.33. The van der Waals surface area contributed by atoms with Gasteiger partial charge in [-0.05, 0) is 35.9 Å². The van der Waals surface area contributed by atoms with Crippen molar-refractivity contribution in [3.63, 3.8) is 0 Å². The number of hydrogen-bond donors (Lipinski definition) is 1. The van der Waals surface area contributed by atoms with Crippen LogP contribution in [-0.4, -0.2) is 13.2 Å². The summed E-state index contributed by atoms with van der Waals surface area (Å²) in [6, 6.07) is 8.77. The predicted octanol–water partition coefficient (Wildman–Crippen LogP) is 4.02. The van der Waals surface area contributed by atoms with E-state index in [9.17, 15) is 0 Å². The second-order valence-corrected chi connectivity index (χ2v) is 6.20. The van der Waals surface area contributed by atoms with Crippen molar-refractivity contribution >= 4 is 0 Å². The maximum Gasteiger partial charge on any atom is 0.0716 e. The molecule has 0 fully saturated rings. The first kappa shape index (κ1) is 16.2. The summed E-state index contributed by atoms with van der Waals surface area (Å²) in [7, 11) is 0. The van der Waals surface area contributed by atoms with Gasteiger partial charge in [-0.2, -0.15) is 0 Å². The van der Waals surface area contributed by atoms with Crippen LogP contribution < -0.4 is 5.73 Å². The van der Waals surface area contributed by atoms with Gasteiger partial charge in [-0.3, -0.25) is 0 Å². The summed E-state index contributed by atoms with van der Waals surface area (Å²) >= 11 is 0. The minimum Gasteiger partial charge on any atom is -0.377 e. The van der Waals surface area contributed by atoms with Crippen LogP contribution in [0.4, 0.5) is 0 Å². The van der Waals surface area contributed by atoms with Crippen LogP contribution in [0, 0.1) is 0 Å². The molecule has 0 saturated heterocycles. The molecular weight excluding hydrogens is 234 g/mol. The molecule has 0 unspecified atom stereocenters. The summed E-state index contributed by atoms with van der Waals surface area (Å²) in [5.74, 6) is 0. The van der Waals surface area contributed by atoms with Gasteiger partial charge in [-0.1, -0.05) is 57.9 Å². The average molecular weight is 263 g/mol. The second kappa shape index (κ2) is 8.34. The van der Waals surface area contributed by atoms with Crippen molar-refractivity contribution in [3.05, 3.63) is 35.4 Å². The molecule has 1 rings (SSSR count). The fraction of sp³-hybridized carbons (Fsp3) is 0.647. The third-order valence-electron chi connectivity index (χ3n) is 3.33. The Kier molecular flexibility index (Phi) is 7.11. The van der Waals surface area contributed by atoms with Crippen molar-refractivity contribution in [2.24, 2.45) is 5.73 Å². The van der Waals surface area contributed by atoms with E-state index in [4.69, 9.17) is 10.5 Å². The molecule has 0 heterocycles. The molecule has 1 aromatic rings. The summed E-state index contributed by atoms with van der Waals surface area (Å²) < 4.78 is 5.69. The molecular formula is C17H29NO. The van der Waals surface area contributed by atoms with Crippen molar-refractivity contribution in [1.29, 1.82) is 0 Å². The summed E-state index contributed by atoms with van der Waals surface area (Å²) in [5, 5.41) is 0. The van der Waals surface area contributed by atoms with E-state index in [1.807, 2.05) is 0 Å². The van der Waals surface area contributed by atoms with E-state index in [-0.39, 0.29) is 5.41 Å². The Morgan fingerprint density at radius 2 is 1.58 bits per heavy atom. The van der Waals surface area contributed by atoms with E-state index < -0.39 is 0 Å². The molecule has 0 aliphatic rings. The summed E-state index contributed by atoms with van der Waals surface area (Å²) in [6.45, 7) is 9.09. The number of hydrogen-bond acceptors (Lipinski definition) is 2. The van der Waals surface area contributed by atoms with E-state index in [0.717, 1.165) is 32.6 Å². The smallest absolute Gasteiger partial charge is 0.0716 e. The minimum absolute atomic E-state index is 0.225. The SMILES string of the molecule is CC(C)(C)c1ccc(COCCCCCCN)cc1. The van der Waals surface area contributed by atoms with Crippen molar-refractivity contribution < 1.29 is 4.74 Å². The fourth-order valence-corrected chi connectivity index (χ4v) is 1.99. The topological polar surface area (TPSA) is 35.2 Å². The molecule has 0 bridgehead atoms. The summed E-state index contributed by atoms with van der Waals surface area (Å²) in [6.07, 6.45) is 4.72. The van der Waals surface area contributed by atoms with Crippen molar-refractivity contribution in [2.75, 3.05) is 13.2 Å². The van der Waals surface area contributed by atoms with Gasteiger partial charge in [0.05, 0.1) is 6.61 Å². The minimum atomic E-state index is 0.225. The van der Waals surface area contributed by atoms with Gasteiger partial charge in [-0.25, -0.2) is 0 Å². The molecule has 0 aliphatic heterocycles. The maximum atomic E-state index is 5.69. The van der Waals surface area contributed by atoms with Crippen LogP contribution in [0.15, 0.2) is 24.3 Å². The number of ether oxygens (including phenoxy) is 1. The van der Waals surface area contributed by atoms with E-state index in [0.29, 0.717) is 0 Å². The number of unbranched alkanes of at least 4 members (excludes halogenated alkanes) is 3. The highest BCUT2D eigenvalue weighted by molar-refractivity contribution is 5.27. The van der Waals surface area contributed by atoms with Gasteiger partial charge in [0.1, 0.15) is 0 Å². The van der Waals surface area contributed by atoms with Crippen LogP contribution in [0.3, 0.4) is 0 Å². The van der Waals surface area contributed by atoms with Crippen LogP contribution in [0.5, 0.6) is 0 Å². The Morgan fingerprint density at radius 1 is 0.947 bits per heavy atom. The lowest BCUT2D eigenvalue weighted by atomic mass is 9.87. The van der Waals surface area contributed by atoms with Gasteiger partial charge in [0.25, 0.3) is 0 Å². The van der Waals surface area contributed by atoms with Gasteiger partial charge in [0.15, 0.2) is 0 Å². The maximum absolute atomic E-state index is 5.69. The van der Waals surface area contributed by atoms with Crippen molar-refractivity contribution in [2.45, 2.75) is 58.5 Å². The highest BCUT2D eigenvalue weighted by Crippen LogP contribution is 2.22. The molecule has 0 atom stereocenters. The lowest BCUT2D eigenvalue weighted by Gasteiger charge is -2.19. The molecule has 0 aliphatic carbocycles. The van der Waals surface area contributed by atoms with Gasteiger partial charge >= 0.3 is 0 Å². The number of rotatable bonds is 8. The molecule has 0 saturated carbocycles. The van der Waals surface area contributed by atoms with Gasteiger partial charge in [0, 0.05) is 6.61 Å². The first-order valence-electron chi connectivity index (χ1n) is 7.41. The monoisotopic (exact) mass is 263 g/mol. The number of benzene rings is 1. The third kappa shape index (κ3) is 6.74. The molecule has 0 radical (unpaired) electrons. The molecule has 108 valence electrons. The average Bonchev–Trinajstić information content (AvgIpc) is 2.37. The Labute approximate surface area is 118 Å². The van der Waals surface area contributed by atoms with Crippen LogP contribution in [0.1, 0.15) is 57.6 Å². The highest BCUT2D eigenvalue weighted by Gasteiger charge is 2.12. The highest BCUT2D eigenvalue weighted by atomic mass is 16.5. The lowest BCUT2D eigenvalue weighted by molar-refractivity contribution is 0.117. The molecule has 0 aromatic heterocycles. The Balaban J connectivity index is 2.20. The quantitative estimate of drug-likeness (QED) is 0.719. The molecule has 0 spiro atoms. The van der Waals surface area contributed by atoms with Gasteiger partial charge < -0.3 is 10.5 Å². The number of nitrogens with two attached hydrogens (primary N) is 1. The Bertz CT molecular complexity index is 337. The molecule has 1 aromatic carbocycles. The largest absolute Gasteiger partial charge is 0.377 e. The fourth-order valence-electron chi connectivity index (χ4n) is 1.99. The summed E-state index contributed by atoms with van der Waals surface area (Å²) in [4.78, 5) is 0. The standard InChI is InChI=1S/C17H29NO/c1-17(2,3)16-10-8-15(9-11-16)14-19-13-7-5-4-6-12-18/h8-11H,4-7,12-14,18H2,1-3H3. The first-order chi connectivity index (χ1) is 9.04. The first-order valence-corrected chi connectivity index (χ1v) is 7.41. The lowest BCUT2D eigenvalue weighted by Crippen LogP contribution is -2.10. The normalized spacial score (nSPS) is 11.8. The molecule has 2 N–H and O–H groups in total. The Morgan fingerprint density at radius 3 is 2.16 bits per heavy atom. The van der Waals surface area contributed by atoms with Crippen molar-refractivity contribution in [1.82, 2.24) is 0 Å². The molecule has 2 heteroatoms. The van der Waals surface area contributed by atoms with Crippen LogP contribution >= 0.6 is 0 Å². The van der Waals surface area contributed by atoms with Crippen LogP contribution in [-0.2, 0) is 16.8 Å². The zero-order chi connectivity index (χ0) is 14.1.